The van der Waals surface area contributed by atoms with E-state index in [4.69, 9.17) is 4.18 Å². The lowest BCUT2D eigenvalue weighted by Crippen LogP contribution is -2.26. The normalized spacial score (nSPS) is 13.8. The quantitative estimate of drug-likeness (QED) is 0.497. The molecule has 0 fully saturated rings. The minimum absolute atomic E-state index is 0.116. The van der Waals surface area contributed by atoms with Crippen molar-refractivity contribution >= 4 is 32.6 Å². The molecule has 6 heteroatoms. The molecule has 102 valence electrons. The Kier molecular flexibility index (Phi) is 6.04. The van der Waals surface area contributed by atoms with Crippen LogP contribution in [0, 0.1) is 12.8 Å². The standard InChI is InChI=1S/C12H18O3S3/c1-9(2)12(8-17-16)15-18(13,14)11-6-4-10(3)5-7-11/h4-7,9,12,16H,8H2,1-3H3. The molecule has 0 bridgehead atoms. The minimum Gasteiger partial charge on any atom is -0.262 e. The van der Waals surface area contributed by atoms with Crippen molar-refractivity contribution in [3.8, 4) is 0 Å². The molecule has 0 spiro atoms. The predicted molar refractivity (Wildman–Crippen MR) is 79.5 cm³/mol. The van der Waals surface area contributed by atoms with Crippen LogP contribution in [-0.2, 0) is 14.3 Å². The molecule has 1 aromatic carbocycles. The number of aryl methyl sites for hydroxylation is 1. The van der Waals surface area contributed by atoms with E-state index in [0.29, 0.717) is 5.75 Å². The molecule has 0 saturated heterocycles. The van der Waals surface area contributed by atoms with Crippen LogP contribution in [0.5, 0.6) is 0 Å². The molecule has 0 N–H and O–H groups in total. The topological polar surface area (TPSA) is 43.4 Å². The van der Waals surface area contributed by atoms with Crippen molar-refractivity contribution in [3.05, 3.63) is 29.8 Å². The van der Waals surface area contributed by atoms with Gasteiger partial charge in [0.15, 0.2) is 0 Å². The van der Waals surface area contributed by atoms with Crippen molar-refractivity contribution in [2.75, 3.05) is 5.75 Å². The largest absolute Gasteiger partial charge is 0.297 e. The molecule has 0 radical (unpaired) electrons. The van der Waals surface area contributed by atoms with Gasteiger partial charge < -0.3 is 0 Å². The second kappa shape index (κ2) is 6.84. The summed E-state index contributed by atoms with van der Waals surface area (Å²) in [5, 5.41) is 0. The molecule has 0 saturated carbocycles. The van der Waals surface area contributed by atoms with Gasteiger partial charge in [-0.05, 0) is 25.0 Å². The molecular weight excluding hydrogens is 288 g/mol. The number of benzene rings is 1. The van der Waals surface area contributed by atoms with E-state index in [-0.39, 0.29) is 16.9 Å². The predicted octanol–water partition coefficient (Wildman–Crippen LogP) is 3.30. The second-order valence-corrected chi connectivity index (χ2v) is 7.38. The number of hydrogen-bond acceptors (Lipinski definition) is 5. The summed E-state index contributed by atoms with van der Waals surface area (Å²) >= 11 is 4.05. The van der Waals surface area contributed by atoms with E-state index in [0.717, 1.165) is 5.56 Å². The van der Waals surface area contributed by atoms with Crippen LogP contribution in [0.25, 0.3) is 0 Å². The van der Waals surface area contributed by atoms with E-state index < -0.39 is 10.1 Å². The first kappa shape index (κ1) is 15.9. The van der Waals surface area contributed by atoms with Gasteiger partial charge in [0.05, 0.1) is 11.0 Å². The first-order valence-electron chi connectivity index (χ1n) is 5.63. The Morgan fingerprint density at radius 3 is 2.28 bits per heavy atom. The zero-order chi connectivity index (χ0) is 13.8. The van der Waals surface area contributed by atoms with E-state index in [1.54, 1.807) is 24.3 Å². The van der Waals surface area contributed by atoms with Gasteiger partial charge in [-0.1, -0.05) is 42.3 Å². The molecule has 1 aromatic rings. The lowest BCUT2D eigenvalue weighted by atomic mass is 10.1. The van der Waals surface area contributed by atoms with Crippen molar-refractivity contribution in [1.29, 1.82) is 0 Å². The Morgan fingerprint density at radius 1 is 1.28 bits per heavy atom. The highest BCUT2D eigenvalue weighted by Crippen LogP contribution is 2.22. The summed E-state index contributed by atoms with van der Waals surface area (Å²) in [6, 6.07) is 6.65. The van der Waals surface area contributed by atoms with Crippen molar-refractivity contribution in [1.82, 2.24) is 0 Å². The average molecular weight is 306 g/mol. The van der Waals surface area contributed by atoms with Gasteiger partial charge in [0.2, 0.25) is 0 Å². The Hall–Kier alpha value is -0.170. The van der Waals surface area contributed by atoms with Gasteiger partial charge in [0.25, 0.3) is 10.1 Å². The summed E-state index contributed by atoms with van der Waals surface area (Å²) < 4.78 is 29.4. The fraction of sp³-hybridized carbons (Fsp3) is 0.500. The molecule has 1 unspecified atom stereocenters. The summed E-state index contributed by atoms with van der Waals surface area (Å²) in [6.45, 7) is 5.77. The van der Waals surface area contributed by atoms with E-state index in [1.807, 2.05) is 20.8 Å². The van der Waals surface area contributed by atoms with Crippen LogP contribution < -0.4 is 0 Å². The maximum Gasteiger partial charge on any atom is 0.297 e. The zero-order valence-electron chi connectivity index (χ0n) is 10.7. The third-order valence-electron chi connectivity index (χ3n) is 2.54. The number of rotatable bonds is 6. The van der Waals surface area contributed by atoms with E-state index in [2.05, 4.69) is 11.7 Å². The lowest BCUT2D eigenvalue weighted by molar-refractivity contribution is 0.182. The van der Waals surface area contributed by atoms with Crippen LogP contribution in [0.1, 0.15) is 19.4 Å². The van der Waals surface area contributed by atoms with Crippen LogP contribution in [0.3, 0.4) is 0 Å². The SMILES string of the molecule is Cc1ccc(S(=O)(=O)OC(CSS)C(C)C)cc1. The van der Waals surface area contributed by atoms with E-state index in [1.165, 1.54) is 10.8 Å². The first-order valence-corrected chi connectivity index (χ1v) is 9.07. The molecule has 3 nitrogen and oxygen atoms in total. The first-order chi connectivity index (χ1) is 8.36. The second-order valence-electron chi connectivity index (χ2n) is 4.44. The Morgan fingerprint density at radius 2 is 1.83 bits per heavy atom. The molecule has 0 aromatic heterocycles. The number of hydrogen-bond donors (Lipinski definition) is 1. The molecule has 0 aliphatic heterocycles. The van der Waals surface area contributed by atoms with Crippen LogP contribution >= 0.6 is 22.5 Å². The van der Waals surface area contributed by atoms with Gasteiger partial charge in [-0.15, -0.1) is 11.7 Å². The molecule has 0 amide bonds. The van der Waals surface area contributed by atoms with Gasteiger partial charge in [0.1, 0.15) is 0 Å². The third kappa shape index (κ3) is 4.50. The molecule has 0 aliphatic carbocycles. The summed E-state index contributed by atoms with van der Waals surface area (Å²) in [5.41, 5.74) is 1.01. The lowest BCUT2D eigenvalue weighted by Gasteiger charge is -2.19. The maximum atomic E-state index is 12.1. The highest BCUT2D eigenvalue weighted by Gasteiger charge is 2.23. The summed E-state index contributed by atoms with van der Waals surface area (Å²) in [6.07, 6.45) is -0.362. The summed E-state index contributed by atoms with van der Waals surface area (Å²) in [4.78, 5) is 0.197. The molecule has 0 aliphatic rings. The van der Waals surface area contributed by atoms with Gasteiger partial charge >= 0.3 is 0 Å². The molecule has 18 heavy (non-hydrogen) atoms. The van der Waals surface area contributed by atoms with E-state index in [9.17, 15) is 8.42 Å². The van der Waals surface area contributed by atoms with E-state index >= 15 is 0 Å². The fourth-order valence-corrected chi connectivity index (χ4v) is 3.65. The molecule has 0 heterocycles. The van der Waals surface area contributed by atoms with Crippen molar-refractivity contribution in [3.63, 3.8) is 0 Å². The van der Waals surface area contributed by atoms with Crippen molar-refractivity contribution in [2.24, 2.45) is 5.92 Å². The van der Waals surface area contributed by atoms with Crippen LogP contribution in [0.4, 0.5) is 0 Å². The summed E-state index contributed by atoms with van der Waals surface area (Å²) in [7, 11) is -2.41. The van der Waals surface area contributed by atoms with Crippen LogP contribution in [0.15, 0.2) is 29.2 Å². The maximum absolute atomic E-state index is 12.1. The van der Waals surface area contributed by atoms with Crippen molar-refractivity contribution in [2.45, 2.75) is 31.8 Å². The highest BCUT2D eigenvalue weighted by atomic mass is 33.1. The van der Waals surface area contributed by atoms with Gasteiger partial charge in [-0.25, -0.2) is 0 Å². The third-order valence-corrected chi connectivity index (χ3v) is 4.82. The average Bonchev–Trinajstić information content (AvgIpc) is 2.28. The fourth-order valence-electron chi connectivity index (χ4n) is 1.33. The molecule has 1 rings (SSSR count). The van der Waals surface area contributed by atoms with Crippen LogP contribution in [-0.4, -0.2) is 20.3 Å². The smallest absolute Gasteiger partial charge is 0.262 e. The van der Waals surface area contributed by atoms with Crippen molar-refractivity contribution < 1.29 is 12.6 Å². The van der Waals surface area contributed by atoms with Gasteiger partial charge in [-0.3, -0.25) is 4.18 Å². The minimum atomic E-state index is -3.69. The Balaban J connectivity index is 2.89. The highest BCUT2D eigenvalue weighted by molar-refractivity contribution is 8.68. The zero-order valence-corrected chi connectivity index (χ0v) is 13.2. The Bertz CT molecular complexity index is 466. The van der Waals surface area contributed by atoms with Gasteiger partial charge in [0, 0.05) is 5.75 Å². The van der Waals surface area contributed by atoms with Crippen LogP contribution in [0.2, 0.25) is 0 Å². The number of thiol groups is 1. The molecular formula is C12H18O3S3. The molecule has 1 atom stereocenters. The Labute approximate surface area is 118 Å². The summed E-state index contributed by atoms with van der Waals surface area (Å²) in [5.74, 6) is 0.649. The monoisotopic (exact) mass is 306 g/mol. The van der Waals surface area contributed by atoms with Gasteiger partial charge in [-0.2, -0.15) is 8.42 Å².